The van der Waals surface area contributed by atoms with E-state index in [4.69, 9.17) is 4.74 Å². The number of rotatable bonds is 1. The van der Waals surface area contributed by atoms with Crippen LogP contribution in [0.5, 0.6) is 11.5 Å². The molecule has 0 aromatic heterocycles. The van der Waals surface area contributed by atoms with Crippen LogP contribution >= 0.6 is 0 Å². The highest BCUT2D eigenvalue weighted by Gasteiger charge is 2.34. The topological polar surface area (TPSA) is 63.6 Å². The van der Waals surface area contributed by atoms with Crippen molar-refractivity contribution in [1.29, 1.82) is 0 Å². The molecular weight excluding hydrogens is 280 g/mol. The first-order valence-electron chi connectivity index (χ1n) is 7.03. The Labute approximate surface area is 128 Å². The molecule has 2 aromatic rings. The van der Waals surface area contributed by atoms with Crippen LogP contribution in [-0.2, 0) is 0 Å². The smallest absolute Gasteiger partial charge is 0.198 e. The molecule has 0 heterocycles. The summed E-state index contributed by atoms with van der Waals surface area (Å²) in [4.78, 5) is 25.4. The van der Waals surface area contributed by atoms with Gasteiger partial charge in [0.15, 0.2) is 23.1 Å². The molecule has 0 fully saturated rings. The molecule has 0 atom stereocenters. The number of ether oxygens (including phenoxy) is 1. The number of benzene rings is 2. The highest BCUT2D eigenvalue weighted by Crippen LogP contribution is 2.40. The highest BCUT2D eigenvalue weighted by atomic mass is 16.5. The van der Waals surface area contributed by atoms with Crippen LogP contribution in [0.15, 0.2) is 36.4 Å². The SMILES string of the molecule is CC(C)(C)Oc1c(O)ccc2c1C(=O)c1ccccc1C2=O. The molecule has 3 rings (SSSR count). The number of hydrogen-bond donors (Lipinski definition) is 1. The molecule has 0 saturated carbocycles. The number of fused-ring (bicyclic) bond motifs is 2. The summed E-state index contributed by atoms with van der Waals surface area (Å²) in [5, 5.41) is 10.1. The van der Waals surface area contributed by atoms with Gasteiger partial charge in [0.1, 0.15) is 5.60 Å². The second-order valence-electron chi connectivity index (χ2n) is 6.25. The summed E-state index contributed by atoms with van der Waals surface area (Å²) >= 11 is 0. The van der Waals surface area contributed by atoms with Crippen molar-refractivity contribution in [1.82, 2.24) is 0 Å². The molecule has 1 N–H and O–H groups in total. The average Bonchev–Trinajstić information content (AvgIpc) is 2.45. The summed E-state index contributed by atoms with van der Waals surface area (Å²) in [5.74, 6) is -0.614. The van der Waals surface area contributed by atoms with Gasteiger partial charge in [0.05, 0.1) is 5.56 Å². The van der Waals surface area contributed by atoms with Gasteiger partial charge in [0, 0.05) is 16.7 Å². The average molecular weight is 296 g/mol. The fraction of sp³-hybridized carbons (Fsp3) is 0.222. The van der Waals surface area contributed by atoms with Crippen molar-refractivity contribution in [3.8, 4) is 11.5 Å². The van der Waals surface area contributed by atoms with Gasteiger partial charge in [0.2, 0.25) is 0 Å². The monoisotopic (exact) mass is 296 g/mol. The van der Waals surface area contributed by atoms with Crippen molar-refractivity contribution in [3.63, 3.8) is 0 Å². The van der Waals surface area contributed by atoms with E-state index in [1.165, 1.54) is 12.1 Å². The molecule has 0 saturated heterocycles. The maximum atomic E-state index is 12.8. The van der Waals surface area contributed by atoms with Crippen LogP contribution in [0.25, 0.3) is 0 Å². The molecule has 112 valence electrons. The predicted octanol–water partition coefficient (Wildman–Crippen LogP) is 3.34. The van der Waals surface area contributed by atoms with Gasteiger partial charge in [0.25, 0.3) is 0 Å². The van der Waals surface area contributed by atoms with E-state index in [1.54, 1.807) is 24.3 Å². The largest absolute Gasteiger partial charge is 0.504 e. The van der Waals surface area contributed by atoms with Crippen molar-refractivity contribution >= 4 is 11.6 Å². The van der Waals surface area contributed by atoms with E-state index in [0.29, 0.717) is 11.1 Å². The lowest BCUT2D eigenvalue weighted by Gasteiger charge is -2.26. The van der Waals surface area contributed by atoms with E-state index in [9.17, 15) is 14.7 Å². The maximum Gasteiger partial charge on any atom is 0.198 e. The molecule has 0 unspecified atom stereocenters. The molecule has 0 radical (unpaired) electrons. The molecule has 2 aromatic carbocycles. The lowest BCUT2D eigenvalue weighted by atomic mass is 9.83. The highest BCUT2D eigenvalue weighted by molar-refractivity contribution is 6.29. The zero-order valence-corrected chi connectivity index (χ0v) is 12.6. The Bertz CT molecular complexity index is 797. The van der Waals surface area contributed by atoms with Gasteiger partial charge >= 0.3 is 0 Å². The van der Waals surface area contributed by atoms with Crippen LogP contribution in [-0.4, -0.2) is 22.3 Å². The number of phenolic OH excluding ortho intramolecular Hbond substituents is 1. The Morgan fingerprint density at radius 2 is 1.45 bits per heavy atom. The minimum Gasteiger partial charge on any atom is -0.504 e. The van der Waals surface area contributed by atoms with Gasteiger partial charge in [-0.2, -0.15) is 0 Å². The predicted molar refractivity (Wildman–Crippen MR) is 81.8 cm³/mol. The molecule has 0 bridgehead atoms. The summed E-state index contributed by atoms with van der Waals surface area (Å²) < 4.78 is 5.74. The van der Waals surface area contributed by atoms with E-state index < -0.39 is 5.60 Å². The molecule has 1 aliphatic carbocycles. The first-order valence-corrected chi connectivity index (χ1v) is 7.03. The fourth-order valence-corrected chi connectivity index (χ4v) is 2.55. The zero-order chi connectivity index (χ0) is 16.1. The van der Waals surface area contributed by atoms with E-state index >= 15 is 0 Å². The molecule has 22 heavy (non-hydrogen) atoms. The van der Waals surface area contributed by atoms with Crippen LogP contribution in [0.2, 0.25) is 0 Å². The number of phenols is 1. The summed E-state index contributed by atoms with van der Waals surface area (Å²) in [6.45, 7) is 5.44. The third-order valence-electron chi connectivity index (χ3n) is 3.43. The normalized spacial score (nSPS) is 13.6. The van der Waals surface area contributed by atoms with Gasteiger partial charge in [-0.05, 0) is 32.9 Å². The minimum atomic E-state index is -0.604. The molecular formula is C18H16O4. The van der Waals surface area contributed by atoms with Crippen LogP contribution in [0.4, 0.5) is 0 Å². The van der Waals surface area contributed by atoms with Crippen LogP contribution < -0.4 is 4.74 Å². The molecule has 0 aliphatic heterocycles. The number of carbonyl (C=O) groups excluding carboxylic acids is 2. The lowest BCUT2D eigenvalue weighted by Crippen LogP contribution is -2.27. The molecule has 0 amide bonds. The summed E-state index contributed by atoms with van der Waals surface area (Å²) in [6, 6.07) is 9.54. The summed E-state index contributed by atoms with van der Waals surface area (Å²) in [7, 11) is 0. The summed E-state index contributed by atoms with van der Waals surface area (Å²) in [5.41, 5.74) is 0.517. The van der Waals surface area contributed by atoms with E-state index in [0.717, 1.165) is 0 Å². The van der Waals surface area contributed by atoms with Crippen LogP contribution in [0.1, 0.15) is 52.6 Å². The number of ketones is 2. The second-order valence-corrected chi connectivity index (χ2v) is 6.25. The number of carbonyl (C=O) groups is 2. The van der Waals surface area contributed by atoms with Crippen molar-refractivity contribution in [2.45, 2.75) is 26.4 Å². The van der Waals surface area contributed by atoms with Crippen LogP contribution in [0.3, 0.4) is 0 Å². The maximum absolute atomic E-state index is 12.8. The Morgan fingerprint density at radius 3 is 2.05 bits per heavy atom. The van der Waals surface area contributed by atoms with Gasteiger partial charge in [-0.1, -0.05) is 24.3 Å². The standard InChI is InChI=1S/C18H16O4/c1-18(2,3)22-17-13(19)9-8-12-14(17)16(21)11-7-5-4-6-10(11)15(12)20/h4-9,19H,1-3H3. The van der Waals surface area contributed by atoms with Crippen LogP contribution in [0, 0.1) is 0 Å². The Kier molecular flexibility index (Phi) is 3.06. The number of hydrogen-bond acceptors (Lipinski definition) is 4. The first kappa shape index (κ1) is 14.3. The van der Waals surface area contributed by atoms with Gasteiger partial charge in [-0.25, -0.2) is 0 Å². The molecule has 1 aliphatic rings. The Hall–Kier alpha value is -2.62. The molecule has 0 spiro atoms. The van der Waals surface area contributed by atoms with E-state index in [1.807, 2.05) is 20.8 Å². The van der Waals surface area contributed by atoms with Gasteiger partial charge < -0.3 is 9.84 Å². The van der Waals surface area contributed by atoms with Crippen molar-refractivity contribution in [2.75, 3.05) is 0 Å². The van der Waals surface area contributed by atoms with Crippen molar-refractivity contribution < 1.29 is 19.4 Å². The van der Waals surface area contributed by atoms with Crippen molar-refractivity contribution in [2.24, 2.45) is 0 Å². The third kappa shape index (κ3) is 2.17. The Morgan fingerprint density at radius 1 is 0.864 bits per heavy atom. The third-order valence-corrected chi connectivity index (χ3v) is 3.43. The second kappa shape index (κ2) is 4.70. The Balaban J connectivity index is 2.27. The van der Waals surface area contributed by atoms with Gasteiger partial charge in [-0.15, -0.1) is 0 Å². The lowest BCUT2D eigenvalue weighted by molar-refractivity contribution is 0.0954. The van der Waals surface area contributed by atoms with Crippen molar-refractivity contribution in [3.05, 3.63) is 58.7 Å². The molecule has 4 nitrogen and oxygen atoms in total. The molecule has 4 heteroatoms. The van der Waals surface area contributed by atoms with E-state index in [-0.39, 0.29) is 34.2 Å². The number of aromatic hydroxyl groups is 1. The summed E-state index contributed by atoms with van der Waals surface area (Å²) in [6.07, 6.45) is 0. The zero-order valence-electron chi connectivity index (χ0n) is 12.6. The minimum absolute atomic E-state index is 0.0675. The first-order chi connectivity index (χ1) is 10.3. The van der Waals surface area contributed by atoms with Gasteiger partial charge in [-0.3, -0.25) is 9.59 Å². The fourth-order valence-electron chi connectivity index (χ4n) is 2.55. The van der Waals surface area contributed by atoms with E-state index in [2.05, 4.69) is 0 Å². The quantitative estimate of drug-likeness (QED) is 0.748.